The monoisotopic (exact) mass is 269 g/mol. The van der Waals surface area contributed by atoms with Crippen LogP contribution in [0.4, 0.5) is 0 Å². The van der Waals surface area contributed by atoms with Crippen LogP contribution in [0.2, 0.25) is 0 Å². The van der Waals surface area contributed by atoms with Crippen LogP contribution in [-0.4, -0.2) is 23.0 Å². The van der Waals surface area contributed by atoms with E-state index >= 15 is 0 Å². The van der Waals surface area contributed by atoms with Crippen molar-refractivity contribution in [3.63, 3.8) is 0 Å². The van der Waals surface area contributed by atoms with E-state index in [2.05, 4.69) is 5.32 Å². The topological polar surface area (TPSA) is 66.4 Å². The molecular weight excluding hydrogens is 250 g/mol. The normalized spacial score (nSPS) is 12.4. The first kappa shape index (κ1) is 14.7. The second-order valence-corrected chi connectivity index (χ2v) is 5.59. The van der Waals surface area contributed by atoms with E-state index in [-0.39, 0.29) is 11.8 Å². The molecule has 18 heavy (non-hydrogen) atoms. The summed E-state index contributed by atoms with van der Waals surface area (Å²) in [7, 11) is 0. The second-order valence-electron chi connectivity index (χ2n) is 4.56. The number of thiophene rings is 1. The molecule has 0 aromatic carbocycles. The van der Waals surface area contributed by atoms with Crippen molar-refractivity contribution in [3.05, 3.63) is 22.4 Å². The molecule has 2 N–H and O–H groups in total. The summed E-state index contributed by atoms with van der Waals surface area (Å²) < 4.78 is 0. The zero-order valence-corrected chi connectivity index (χ0v) is 11.5. The first-order chi connectivity index (χ1) is 8.50. The molecule has 1 amide bonds. The first-order valence-electron chi connectivity index (χ1n) is 6.05. The Hall–Kier alpha value is -1.36. The van der Waals surface area contributed by atoms with Gasteiger partial charge < -0.3 is 10.4 Å². The summed E-state index contributed by atoms with van der Waals surface area (Å²) in [5.74, 6) is -1.27. The highest BCUT2D eigenvalue weighted by Crippen LogP contribution is 2.12. The van der Waals surface area contributed by atoms with E-state index in [1.807, 2.05) is 17.5 Å². The minimum atomic E-state index is -0.975. The molecule has 1 aromatic heterocycles. The average molecular weight is 269 g/mol. The summed E-state index contributed by atoms with van der Waals surface area (Å²) in [6.07, 6.45) is 1.98. The third-order valence-electron chi connectivity index (χ3n) is 2.66. The van der Waals surface area contributed by atoms with Crippen molar-refractivity contribution in [3.8, 4) is 0 Å². The Bertz CT molecular complexity index is 387. The number of amides is 1. The van der Waals surface area contributed by atoms with Crippen LogP contribution in [0.15, 0.2) is 17.5 Å². The number of carboxylic acids is 1. The molecule has 0 radical (unpaired) electrons. The molecule has 0 aliphatic rings. The average Bonchev–Trinajstić information content (AvgIpc) is 2.78. The quantitative estimate of drug-likeness (QED) is 0.798. The maximum atomic E-state index is 11.6. The Labute approximate surface area is 111 Å². The van der Waals surface area contributed by atoms with Crippen LogP contribution < -0.4 is 5.32 Å². The molecule has 0 bridgehead atoms. The van der Waals surface area contributed by atoms with E-state index in [9.17, 15) is 9.59 Å². The molecule has 0 aliphatic heterocycles. The number of nitrogens with one attached hydrogen (secondary N) is 1. The van der Waals surface area contributed by atoms with Gasteiger partial charge in [-0.25, -0.2) is 4.79 Å². The lowest BCUT2D eigenvalue weighted by molar-refractivity contribution is -0.143. The number of rotatable bonds is 7. The van der Waals surface area contributed by atoms with Crippen LogP contribution in [0.5, 0.6) is 0 Å². The lowest BCUT2D eigenvalue weighted by Crippen LogP contribution is -2.44. The van der Waals surface area contributed by atoms with Gasteiger partial charge in [0, 0.05) is 11.3 Å². The van der Waals surface area contributed by atoms with Gasteiger partial charge in [0.15, 0.2) is 0 Å². The molecule has 1 heterocycles. The van der Waals surface area contributed by atoms with E-state index in [0.717, 1.165) is 12.8 Å². The van der Waals surface area contributed by atoms with Crippen molar-refractivity contribution in [2.75, 3.05) is 0 Å². The van der Waals surface area contributed by atoms with Gasteiger partial charge in [0.2, 0.25) is 5.91 Å². The smallest absolute Gasteiger partial charge is 0.326 e. The van der Waals surface area contributed by atoms with Crippen LogP contribution in [0.25, 0.3) is 0 Å². The molecule has 5 heteroatoms. The van der Waals surface area contributed by atoms with E-state index in [1.165, 1.54) is 4.88 Å². The van der Waals surface area contributed by atoms with Crippen LogP contribution in [0.1, 0.15) is 31.6 Å². The number of carboxylic acid groups (broad SMARTS) is 1. The van der Waals surface area contributed by atoms with Crippen molar-refractivity contribution in [2.45, 2.75) is 39.2 Å². The Kier molecular flexibility index (Phi) is 5.85. The van der Waals surface area contributed by atoms with Gasteiger partial charge in [0.1, 0.15) is 6.04 Å². The Balaban J connectivity index is 2.30. The van der Waals surface area contributed by atoms with Gasteiger partial charge >= 0.3 is 5.97 Å². The van der Waals surface area contributed by atoms with Gasteiger partial charge in [0.05, 0.1) is 0 Å². The molecule has 1 rings (SSSR count). The first-order valence-corrected chi connectivity index (χ1v) is 6.93. The standard InChI is InChI=1S/C13H19NO3S/c1-9(2)12(13(16)17)14-11(15)7-3-5-10-6-4-8-18-10/h4,6,8-9,12H,3,5,7H2,1-2H3,(H,14,15)(H,16,17)/t12-/m1/s1. The van der Waals surface area contributed by atoms with E-state index < -0.39 is 12.0 Å². The highest BCUT2D eigenvalue weighted by molar-refractivity contribution is 7.09. The molecule has 0 spiro atoms. The molecular formula is C13H19NO3S. The Morgan fingerprint density at radius 1 is 1.44 bits per heavy atom. The van der Waals surface area contributed by atoms with Crippen molar-refractivity contribution >= 4 is 23.2 Å². The number of carbonyl (C=O) groups excluding carboxylic acids is 1. The van der Waals surface area contributed by atoms with Crippen molar-refractivity contribution in [1.82, 2.24) is 5.32 Å². The van der Waals surface area contributed by atoms with Crippen LogP contribution in [0.3, 0.4) is 0 Å². The van der Waals surface area contributed by atoms with Crippen molar-refractivity contribution in [1.29, 1.82) is 0 Å². The SMILES string of the molecule is CC(C)[C@@H](NC(=O)CCCc1cccs1)C(=O)O. The number of aryl methyl sites for hydroxylation is 1. The zero-order valence-electron chi connectivity index (χ0n) is 10.7. The zero-order chi connectivity index (χ0) is 13.5. The van der Waals surface area contributed by atoms with Crippen LogP contribution in [0, 0.1) is 5.92 Å². The lowest BCUT2D eigenvalue weighted by Gasteiger charge is -2.17. The van der Waals surface area contributed by atoms with Gasteiger partial charge in [-0.3, -0.25) is 4.79 Å². The fourth-order valence-corrected chi connectivity index (χ4v) is 2.39. The lowest BCUT2D eigenvalue weighted by atomic mass is 10.0. The van der Waals surface area contributed by atoms with Crippen LogP contribution in [-0.2, 0) is 16.0 Å². The van der Waals surface area contributed by atoms with E-state index in [0.29, 0.717) is 6.42 Å². The molecule has 0 fully saturated rings. The molecule has 0 saturated carbocycles. The number of aliphatic carboxylic acids is 1. The van der Waals surface area contributed by atoms with Gasteiger partial charge in [-0.1, -0.05) is 19.9 Å². The van der Waals surface area contributed by atoms with Gasteiger partial charge in [0.25, 0.3) is 0 Å². The summed E-state index contributed by atoms with van der Waals surface area (Å²) in [6, 6.07) is 3.23. The predicted molar refractivity (Wildman–Crippen MR) is 71.7 cm³/mol. The highest BCUT2D eigenvalue weighted by atomic mass is 32.1. The minimum Gasteiger partial charge on any atom is -0.480 e. The number of hydrogen-bond donors (Lipinski definition) is 2. The molecule has 1 aromatic rings. The van der Waals surface area contributed by atoms with Crippen molar-refractivity contribution < 1.29 is 14.7 Å². The molecule has 100 valence electrons. The summed E-state index contributed by atoms with van der Waals surface area (Å²) in [5.41, 5.74) is 0. The van der Waals surface area contributed by atoms with Gasteiger partial charge in [-0.15, -0.1) is 11.3 Å². The summed E-state index contributed by atoms with van der Waals surface area (Å²) in [6.45, 7) is 3.56. The molecule has 0 unspecified atom stereocenters. The number of carbonyl (C=O) groups is 2. The fraction of sp³-hybridized carbons (Fsp3) is 0.538. The third-order valence-corrected chi connectivity index (χ3v) is 3.59. The Morgan fingerprint density at radius 2 is 2.17 bits per heavy atom. The molecule has 1 atom stereocenters. The summed E-state index contributed by atoms with van der Waals surface area (Å²) in [5, 5.41) is 13.5. The molecule has 0 saturated heterocycles. The summed E-state index contributed by atoms with van der Waals surface area (Å²) in [4.78, 5) is 23.8. The van der Waals surface area contributed by atoms with Crippen molar-refractivity contribution in [2.24, 2.45) is 5.92 Å². The highest BCUT2D eigenvalue weighted by Gasteiger charge is 2.22. The van der Waals surface area contributed by atoms with E-state index in [4.69, 9.17) is 5.11 Å². The Morgan fingerprint density at radius 3 is 2.67 bits per heavy atom. The van der Waals surface area contributed by atoms with Gasteiger partial charge in [-0.05, 0) is 30.2 Å². The maximum absolute atomic E-state index is 11.6. The minimum absolute atomic E-state index is 0.108. The predicted octanol–water partition coefficient (Wildman–Crippen LogP) is 2.30. The maximum Gasteiger partial charge on any atom is 0.326 e. The van der Waals surface area contributed by atoms with Crippen LogP contribution >= 0.6 is 11.3 Å². The second kappa shape index (κ2) is 7.16. The fourth-order valence-electron chi connectivity index (χ4n) is 1.64. The third kappa shape index (κ3) is 4.87. The number of hydrogen-bond acceptors (Lipinski definition) is 3. The molecule has 0 aliphatic carbocycles. The largest absolute Gasteiger partial charge is 0.480 e. The van der Waals surface area contributed by atoms with Gasteiger partial charge in [-0.2, -0.15) is 0 Å². The van der Waals surface area contributed by atoms with E-state index in [1.54, 1.807) is 25.2 Å². The molecule has 4 nitrogen and oxygen atoms in total. The summed E-state index contributed by atoms with van der Waals surface area (Å²) >= 11 is 1.67.